The maximum absolute atomic E-state index is 11.8. The second kappa shape index (κ2) is 8.14. The van der Waals surface area contributed by atoms with Crippen molar-refractivity contribution in [3.8, 4) is 0 Å². The van der Waals surface area contributed by atoms with Crippen LogP contribution in [-0.4, -0.2) is 27.4 Å². The molecule has 0 bridgehead atoms. The molecule has 1 aromatic carbocycles. The van der Waals surface area contributed by atoms with Crippen LogP contribution in [0.15, 0.2) is 29.2 Å². The molecule has 0 saturated heterocycles. The van der Waals surface area contributed by atoms with E-state index in [-0.39, 0.29) is 10.8 Å². The van der Waals surface area contributed by atoms with Gasteiger partial charge in [0, 0.05) is 19.5 Å². The largest absolute Gasteiger partial charge is 0.356 e. The van der Waals surface area contributed by atoms with Gasteiger partial charge in [0.25, 0.3) is 0 Å². The SMILES string of the molecule is CCNS(=O)(=O)c1ccc(CCNC(=O)CC(C)C)cc1. The van der Waals surface area contributed by atoms with Crippen LogP contribution in [0.4, 0.5) is 0 Å². The summed E-state index contributed by atoms with van der Waals surface area (Å²) in [7, 11) is -3.39. The molecule has 0 atom stereocenters. The first-order chi connectivity index (χ1) is 9.85. The highest BCUT2D eigenvalue weighted by Crippen LogP contribution is 2.10. The third-order valence-electron chi connectivity index (χ3n) is 2.90. The molecule has 1 aromatic rings. The Balaban J connectivity index is 2.50. The molecule has 0 spiro atoms. The fraction of sp³-hybridized carbons (Fsp3) is 0.533. The second-order valence-corrected chi connectivity index (χ2v) is 7.11. The third kappa shape index (κ3) is 6.27. The van der Waals surface area contributed by atoms with E-state index in [1.54, 1.807) is 31.2 Å². The third-order valence-corrected chi connectivity index (χ3v) is 4.46. The summed E-state index contributed by atoms with van der Waals surface area (Å²) in [4.78, 5) is 11.8. The Morgan fingerprint density at radius 1 is 1.19 bits per heavy atom. The highest BCUT2D eigenvalue weighted by molar-refractivity contribution is 7.89. The molecule has 0 radical (unpaired) electrons. The minimum Gasteiger partial charge on any atom is -0.356 e. The topological polar surface area (TPSA) is 75.3 Å². The van der Waals surface area contributed by atoms with E-state index in [0.29, 0.717) is 31.8 Å². The summed E-state index contributed by atoms with van der Waals surface area (Å²) >= 11 is 0. The van der Waals surface area contributed by atoms with E-state index in [1.165, 1.54) is 0 Å². The summed E-state index contributed by atoms with van der Waals surface area (Å²) in [5, 5.41) is 2.86. The lowest BCUT2D eigenvalue weighted by Gasteiger charge is -2.08. The van der Waals surface area contributed by atoms with E-state index < -0.39 is 10.0 Å². The maximum atomic E-state index is 11.8. The summed E-state index contributed by atoms with van der Waals surface area (Å²) < 4.78 is 26.0. The lowest BCUT2D eigenvalue weighted by molar-refractivity contribution is -0.121. The Kier molecular flexibility index (Phi) is 6.84. The van der Waals surface area contributed by atoms with Crippen molar-refractivity contribution in [2.75, 3.05) is 13.1 Å². The number of nitrogens with one attached hydrogen (secondary N) is 2. The molecule has 0 fully saturated rings. The van der Waals surface area contributed by atoms with Crippen LogP contribution in [0.25, 0.3) is 0 Å². The Labute approximate surface area is 127 Å². The zero-order valence-electron chi connectivity index (χ0n) is 12.8. The zero-order valence-corrected chi connectivity index (χ0v) is 13.7. The van der Waals surface area contributed by atoms with Gasteiger partial charge in [0.15, 0.2) is 0 Å². The molecule has 0 heterocycles. The number of hydrogen-bond acceptors (Lipinski definition) is 3. The number of sulfonamides is 1. The average molecular weight is 312 g/mol. The Bertz CT molecular complexity index is 551. The molecule has 6 heteroatoms. The number of carbonyl (C=O) groups excluding carboxylic acids is 1. The van der Waals surface area contributed by atoms with Crippen LogP contribution in [0.5, 0.6) is 0 Å². The van der Waals surface area contributed by atoms with Gasteiger partial charge in [-0.15, -0.1) is 0 Å². The van der Waals surface area contributed by atoms with Crippen molar-refractivity contribution in [2.24, 2.45) is 5.92 Å². The molecule has 5 nitrogen and oxygen atoms in total. The van der Waals surface area contributed by atoms with Gasteiger partial charge >= 0.3 is 0 Å². The first-order valence-electron chi connectivity index (χ1n) is 7.20. The molecule has 1 rings (SSSR count). The van der Waals surface area contributed by atoms with Crippen molar-refractivity contribution in [2.45, 2.75) is 38.5 Å². The maximum Gasteiger partial charge on any atom is 0.240 e. The van der Waals surface area contributed by atoms with Gasteiger partial charge in [0.2, 0.25) is 15.9 Å². The van der Waals surface area contributed by atoms with Gasteiger partial charge in [0.1, 0.15) is 0 Å². The molecule has 118 valence electrons. The van der Waals surface area contributed by atoms with Crippen LogP contribution in [0.2, 0.25) is 0 Å². The summed E-state index contributed by atoms with van der Waals surface area (Å²) in [5.41, 5.74) is 0.996. The Morgan fingerprint density at radius 3 is 2.33 bits per heavy atom. The predicted molar refractivity (Wildman–Crippen MR) is 83.5 cm³/mol. The second-order valence-electron chi connectivity index (χ2n) is 5.34. The molecule has 21 heavy (non-hydrogen) atoms. The standard InChI is InChI=1S/C15H24N2O3S/c1-4-17-21(19,20)14-7-5-13(6-8-14)9-10-16-15(18)11-12(2)3/h5-8,12,17H,4,9-11H2,1-3H3,(H,16,18). The van der Waals surface area contributed by atoms with Crippen molar-refractivity contribution in [3.05, 3.63) is 29.8 Å². The van der Waals surface area contributed by atoms with Crippen molar-refractivity contribution in [1.29, 1.82) is 0 Å². The Morgan fingerprint density at radius 2 is 1.81 bits per heavy atom. The minimum absolute atomic E-state index is 0.0522. The minimum atomic E-state index is -3.39. The van der Waals surface area contributed by atoms with Crippen LogP contribution >= 0.6 is 0 Å². The molecule has 2 N–H and O–H groups in total. The van der Waals surface area contributed by atoms with E-state index in [4.69, 9.17) is 0 Å². The number of benzene rings is 1. The van der Waals surface area contributed by atoms with Gasteiger partial charge in [-0.25, -0.2) is 13.1 Å². The van der Waals surface area contributed by atoms with Crippen LogP contribution in [0.1, 0.15) is 32.8 Å². The predicted octanol–water partition coefficient (Wildman–Crippen LogP) is 1.69. The normalized spacial score (nSPS) is 11.6. The molecule has 0 saturated carbocycles. The smallest absolute Gasteiger partial charge is 0.240 e. The summed E-state index contributed by atoms with van der Waals surface area (Å²) in [5.74, 6) is 0.400. The number of hydrogen-bond donors (Lipinski definition) is 2. The van der Waals surface area contributed by atoms with Gasteiger partial charge in [-0.3, -0.25) is 4.79 Å². The van der Waals surface area contributed by atoms with Crippen LogP contribution in [0, 0.1) is 5.92 Å². The Hall–Kier alpha value is -1.40. The van der Waals surface area contributed by atoms with Gasteiger partial charge < -0.3 is 5.32 Å². The summed E-state index contributed by atoms with van der Waals surface area (Å²) in [6, 6.07) is 6.73. The average Bonchev–Trinajstić information content (AvgIpc) is 2.38. The van der Waals surface area contributed by atoms with Gasteiger partial charge in [-0.1, -0.05) is 32.9 Å². The van der Waals surface area contributed by atoms with E-state index in [0.717, 1.165) is 5.56 Å². The highest BCUT2D eigenvalue weighted by atomic mass is 32.2. The lowest BCUT2D eigenvalue weighted by atomic mass is 10.1. The zero-order chi connectivity index (χ0) is 15.9. The summed E-state index contributed by atoms with van der Waals surface area (Å²) in [6.45, 7) is 6.68. The van der Waals surface area contributed by atoms with Gasteiger partial charge in [0.05, 0.1) is 4.90 Å². The van der Waals surface area contributed by atoms with Crippen molar-refractivity contribution in [3.63, 3.8) is 0 Å². The molecule has 0 unspecified atom stereocenters. The van der Waals surface area contributed by atoms with Crippen molar-refractivity contribution >= 4 is 15.9 Å². The van der Waals surface area contributed by atoms with E-state index in [2.05, 4.69) is 10.0 Å². The molecule has 1 amide bonds. The van der Waals surface area contributed by atoms with Crippen molar-refractivity contribution < 1.29 is 13.2 Å². The fourth-order valence-corrected chi connectivity index (χ4v) is 2.94. The first kappa shape index (κ1) is 17.7. The van der Waals surface area contributed by atoms with Gasteiger partial charge in [-0.2, -0.15) is 0 Å². The number of amides is 1. The first-order valence-corrected chi connectivity index (χ1v) is 8.68. The van der Waals surface area contributed by atoms with Crippen LogP contribution in [-0.2, 0) is 21.2 Å². The van der Waals surface area contributed by atoms with Crippen LogP contribution in [0.3, 0.4) is 0 Å². The molecular formula is C15H24N2O3S. The highest BCUT2D eigenvalue weighted by Gasteiger charge is 2.11. The molecule has 0 aromatic heterocycles. The van der Waals surface area contributed by atoms with Gasteiger partial charge in [-0.05, 0) is 30.0 Å². The monoisotopic (exact) mass is 312 g/mol. The quantitative estimate of drug-likeness (QED) is 0.767. The molecule has 0 aliphatic rings. The molecular weight excluding hydrogens is 288 g/mol. The fourth-order valence-electron chi connectivity index (χ4n) is 1.90. The van der Waals surface area contributed by atoms with E-state index >= 15 is 0 Å². The van der Waals surface area contributed by atoms with Crippen molar-refractivity contribution in [1.82, 2.24) is 10.0 Å². The van der Waals surface area contributed by atoms with E-state index in [1.807, 2.05) is 13.8 Å². The molecule has 0 aliphatic carbocycles. The number of rotatable bonds is 8. The number of carbonyl (C=O) groups is 1. The lowest BCUT2D eigenvalue weighted by Crippen LogP contribution is -2.26. The summed E-state index contributed by atoms with van der Waals surface area (Å²) in [6.07, 6.45) is 1.21. The van der Waals surface area contributed by atoms with Crippen LogP contribution < -0.4 is 10.0 Å². The van der Waals surface area contributed by atoms with E-state index in [9.17, 15) is 13.2 Å². The molecule has 0 aliphatic heterocycles.